The third kappa shape index (κ3) is 3.41. The molecule has 26 heavy (non-hydrogen) atoms. The number of urea groups is 1. The van der Waals surface area contributed by atoms with E-state index in [1.807, 2.05) is 27.0 Å². The van der Waals surface area contributed by atoms with E-state index in [1.165, 1.54) is 16.5 Å². The molecular weight excluding hydrogens is 330 g/mol. The summed E-state index contributed by atoms with van der Waals surface area (Å²) in [5.74, 6) is -0.413. The van der Waals surface area contributed by atoms with Crippen LogP contribution in [-0.4, -0.2) is 40.7 Å². The first kappa shape index (κ1) is 18.3. The van der Waals surface area contributed by atoms with Crippen LogP contribution < -0.4 is 5.32 Å². The number of hydrogen-bond donors (Lipinski definition) is 1. The molecule has 1 aromatic heterocycles. The minimum atomic E-state index is -0.634. The number of ether oxygens (including phenoxy) is 1. The third-order valence-electron chi connectivity index (χ3n) is 4.96. The lowest BCUT2D eigenvalue weighted by Gasteiger charge is -2.26. The molecule has 0 radical (unpaired) electrons. The van der Waals surface area contributed by atoms with E-state index in [0.29, 0.717) is 19.7 Å². The topological polar surface area (TPSA) is 63.6 Å². The van der Waals surface area contributed by atoms with Crippen LogP contribution in [0.15, 0.2) is 24.4 Å². The smallest absolute Gasteiger partial charge is 0.328 e. The summed E-state index contributed by atoms with van der Waals surface area (Å²) in [5, 5.41) is 4.11. The highest BCUT2D eigenvalue weighted by Gasteiger charge is 2.29. The number of nitrogens with zero attached hydrogens (tertiary/aromatic N) is 2. The van der Waals surface area contributed by atoms with Crippen molar-refractivity contribution in [2.45, 2.75) is 39.8 Å². The lowest BCUT2D eigenvalue weighted by Crippen LogP contribution is -2.50. The standard InChI is InChI=1S/C20H27N3O3/c1-5-26-19(24)18(13(2)3)21-20(25)23-10-9-15-11-22(4)16-8-6-7-14(12-23)17(15)16/h6-8,11,13,18H,5,9-10,12H2,1-4H3,(H,21,25)/t18-/m0/s1. The lowest BCUT2D eigenvalue weighted by molar-refractivity contribution is -0.146. The second kappa shape index (κ2) is 7.40. The van der Waals surface area contributed by atoms with Crippen molar-refractivity contribution >= 4 is 22.9 Å². The summed E-state index contributed by atoms with van der Waals surface area (Å²) in [4.78, 5) is 26.8. The summed E-state index contributed by atoms with van der Waals surface area (Å²) in [6, 6.07) is 5.35. The molecule has 1 aliphatic rings. The van der Waals surface area contributed by atoms with Crippen molar-refractivity contribution in [3.8, 4) is 0 Å². The van der Waals surface area contributed by atoms with Gasteiger partial charge in [-0.05, 0) is 36.5 Å². The van der Waals surface area contributed by atoms with Crippen LogP contribution in [0.1, 0.15) is 31.9 Å². The third-order valence-corrected chi connectivity index (χ3v) is 4.96. The maximum absolute atomic E-state index is 12.8. The zero-order valence-corrected chi connectivity index (χ0v) is 15.9. The number of rotatable bonds is 4. The van der Waals surface area contributed by atoms with Crippen molar-refractivity contribution in [1.29, 1.82) is 0 Å². The van der Waals surface area contributed by atoms with Crippen molar-refractivity contribution in [2.24, 2.45) is 13.0 Å². The summed E-state index contributed by atoms with van der Waals surface area (Å²) in [7, 11) is 2.05. The molecule has 0 unspecified atom stereocenters. The Labute approximate surface area is 154 Å². The van der Waals surface area contributed by atoms with Gasteiger partial charge in [-0.3, -0.25) is 0 Å². The fourth-order valence-corrected chi connectivity index (χ4v) is 3.61. The van der Waals surface area contributed by atoms with Crippen molar-refractivity contribution < 1.29 is 14.3 Å². The minimum Gasteiger partial charge on any atom is -0.464 e. The average molecular weight is 357 g/mol. The number of aromatic nitrogens is 1. The number of aryl methyl sites for hydroxylation is 1. The van der Waals surface area contributed by atoms with Crippen LogP contribution in [0.25, 0.3) is 10.9 Å². The largest absolute Gasteiger partial charge is 0.464 e. The van der Waals surface area contributed by atoms with Crippen molar-refractivity contribution in [1.82, 2.24) is 14.8 Å². The van der Waals surface area contributed by atoms with E-state index in [2.05, 4.69) is 28.2 Å². The van der Waals surface area contributed by atoms with Crippen LogP contribution in [0.5, 0.6) is 0 Å². The van der Waals surface area contributed by atoms with Crippen molar-refractivity contribution in [3.05, 3.63) is 35.5 Å². The molecule has 2 heterocycles. The van der Waals surface area contributed by atoms with Crippen LogP contribution in [0.4, 0.5) is 4.79 Å². The molecule has 2 amide bonds. The van der Waals surface area contributed by atoms with Gasteiger partial charge in [0.1, 0.15) is 6.04 Å². The molecule has 0 saturated carbocycles. The second-order valence-corrected chi connectivity index (χ2v) is 7.17. The Morgan fingerprint density at radius 3 is 2.73 bits per heavy atom. The molecule has 0 fully saturated rings. The second-order valence-electron chi connectivity index (χ2n) is 7.17. The van der Waals surface area contributed by atoms with E-state index in [4.69, 9.17) is 4.74 Å². The molecule has 1 atom stereocenters. The van der Waals surface area contributed by atoms with E-state index in [0.717, 1.165) is 12.0 Å². The number of nitrogens with one attached hydrogen (secondary N) is 1. The van der Waals surface area contributed by atoms with Crippen LogP contribution in [0.2, 0.25) is 0 Å². The molecule has 1 N–H and O–H groups in total. The van der Waals surface area contributed by atoms with Crippen LogP contribution in [-0.2, 0) is 29.5 Å². The lowest BCUT2D eigenvalue weighted by atomic mass is 10.1. The predicted octanol–water partition coefficient (Wildman–Crippen LogP) is 2.83. The molecule has 140 valence electrons. The molecule has 0 spiro atoms. The Morgan fingerprint density at radius 1 is 1.27 bits per heavy atom. The van der Waals surface area contributed by atoms with Gasteiger partial charge in [-0.15, -0.1) is 0 Å². The number of carbonyl (C=O) groups excluding carboxylic acids is 2. The van der Waals surface area contributed by atoms with Gasteiger partial charge in [-0.1, -0.05) is 26.0 Å². The highest BCUT2D eigenvalue weighted by Crippen LogP contribution is 2.28. The van der Waals surface area contributed by atoms with Gasteiger partial charge in [-0.2, -0.15) is 0 Å². The normalized spacial score (nSPS) is 15.0. The molecule has 1 aromatic carbocycles. The van der Waals surface area contributed by atoms with Crippen LogP contribution in [0, 0.1) is 5.92 Å². The molecular formula is C20H27N3O3. The minimum absolute atomic E-state index is 0.0353. The van der Waals surface area contributed by atoms with Gasteiger partial charge in [0.15, 0.2) is 0 Å². The van der Waals surface area contributed by atoms with Crippen LogP contribution >= 0.6 is 0 Å². The van der Waals surface area contributed by atoms with Gasteiger partial charge in [0, 0.05) is 37.2 Å². The van der Waals surface area contributed by atoms with Crippen molar-refractivity contribution in [3.63, 3.8) is 0 Å². The Balaban J connectivity index is 1.79. The SMILES string of the molecule is CCOC(=O)[C@@H](NC(=O)N1CCc2cn(C)c3cccc(c23)C1)C(C)C. The maximum Gasteiger partial charge on any atom is 0.328 e. The number of amides is 2. The molecule has 3 rings (SSSR count). The quantitative estimate of drug-likeness (QED) is 0.856. The van der Waals surface area contributed by atoms with E-state index in [1.54, 1.807) is 11.8 Å². The first-order chi connectivity index (χ1) is 12.4. The Kier molecular flexibility index (Phi) is 5.20. The Hall–Kier alpha value is -2.50. The first-order valence-corrected chi connectivity index (χ1v) is 9.20. The van der Waals surface area contributed by atoms with Crippen molar-refractivity contribution in [2.75, 3.05) is 13.2 Å². The highest BCUT2D eigenvalue weighted by molar-refractivity contribution is 5.89. The number of esters is 1. The predicted molar refractivity (Wildman–Crippen MR) is 101 cm³/mol. The van der Waals surface area contributed by atoms with Gasteiger partial charge in [0.05, 0.1) is 6.61 Å². The van der Waals surface area contributed by atoms with Gasteiger partial charge < -0.3 is 19.5 Å². The zero-order chi connectivity index (χ0) is 18.8. The van der Waals surface area contributed by atoms with E-state index in [-0.39, 0.29) is 17.9 Å². The van der Waals surface area contributed by atoms with E-state index in [9.17, 15) is 9.59 Å². The van der Waals surface area contributed by atoms with E-state index < -0.39 is 6.04 Å². The maximum atomic E-state index is 12.8. The average Bonchev–Trinajstić information content (AvgIpc) is 2.81. The summed E-state index contributed by atoms with van der Waals surface area (Å²) in [6.07, 6.45) is 2.94. The van der Waals surface area contributed by atoms with E-state index >= 15 is 0 Å². The molecule has 2 aromatic rings. The Morgan fingerprint density at radius 2 is 2.04 bits per heavy atom. The number of benzene rings is 1. The zero-order valence-electron chi connectivity index (χ0n) is 15.9. The Bertz CT molecular complexity index is 825. The molecule has 0 saturated heterocycles. The van der Waals surface area contributed by atoms with Crippen LogP contribution in [0.3, 0.4) is 0 Å². The number of carbonyl (C=O) groups is 2. The summed E-state index contributed by atoms with van der Waals surface area (Å²) >= 11 is 0. The van der Waals surface area contributed by atoms with Gasteiger partial charge in [0.2, 0.25) is 0 Å². The summed E-state index contributed by atoms with van der Waals surface area (Å²) < 4.78 is 7.24. The monoisotopic (exact) mass is 357 g/mol. The highest BCUT2D eigenvalue weighted by atomic mass is 16.5. The first-order valence-electron chi connectivity index (χ1n) is 9.20. The molecule has 0 bridgehead atoms. The molecule has 6 nitrogen and oxygen atoms in total. The summed E-state index contributed by atoms with van der Waals surface area (Å²) in [5.41, 5.74) is 3.59. The molecule has 6 heteroatoms. The summed E-state index contributed by atoms with van der Waals surface area (Å²) in [6.45, 7) is 7.03. The fourth-order valence-electron chi connectivity index (χ4n) is 3.61. The molecule has 1 aliphatic heterocycles. The fraction of sp³-hybridized carbons (Fsp3) is 0.500. The van der Waals surface area contributed by atoms with Gasteiger partial charge in [-0.25, -0.2) is 9.59 Å². The van der Waals surface area contributed by atoms with Gasteiger partial charge >= 0.3 is 12.0 Å². The molecule has 0 aliphatic carbocycles. The number of hydrogen-bond acceptors (Lipinski definition) is 3. The van der Waals surface area contributed by atoms with Gasteiger partial charge in [0.25, 0.3) is 0 Å².